The van der Waals surface area contributed by atoms with E-state index >= 15 is 0 Å². The number of aliphatic imine (C=N–C) groups is 1. The van der Waals surface area contributed by atoms with E-state index < -0.39 is 0 Å². The van der Waals surface area contributed by atoms with Crippen molar-refractivity contribution in [1.29, 1.82) is 0 Å². The summed E-state index contributed by atoms with van der Waals surface area (Å²) in [7, 11) is 0. The Bertz CT molecular complexity index is 181. The minimum Gasteiger partial charge on any atom is -0.273 e. The lowest BCUT2D eigenvalue weighted by Crippen LogP contribution is -1.92. The van der Waals surface area contributed by atoms with E-state index in [0.29, 0.717) is 5.92 Å². The van der Waals surface area contributed by atoms with Crippen LogP contribution in [0.3, 0.4) is 0 Å². The van der Waals surface area contributed by atoms with Crippen LogP contribution in [0.1, 0.15) is 41.5 Å². The van der Waals surface area contributed by atoms with Gasteiger partial charge in [-0.25, -0.2) is 0 Å². The highest BCUT2D eigenvalue weighted by molar-refractivity contribution is 5.29. The third-order valence-electron chi connectivity index (χ3n) is 1.56. The molecule has 0 N–H and O–H groups in total. The van der Waals surface area contributed by atoms with Gasteiger partial charge < -0.3 is 0 Å². The van der Waals surface area contributed by atoms with Crippen molar-refractivity contribution in [2.24, 2.45) is 10.9 Å². The molecule has 0 radical (unpaired) electrons. The quantitative estimate of drug-likeness (QED) is 0.456. The Morgan fingerprint density at radius 3 is 1.92 bits per heavy atom. The Morgan fingerprint density at radius 1 is 1.23 bits per heavy atom. The van der Waals surface area contributed by atoms with Crippen molar-refractivity contribution in [2.45, 2.75) is 41.5 Å². The fraction of sp³-hybridized carbons (Fsp3) is 0.583. The molecule has 0 aliphatic heterocycles. The van der Waals surface area contributed by atoms with Crippen LogP contribution in [-0.2, 0) is 0 Å². The second-order valence-electron chi connectivity index (χ2n) is 3.11. The maximum atomic E-state index is 3.68. The first-order valence-electron chi connectivity index (χ1n) is 4.89. The smallest absolute Gasteiger partial charge is 0.0263 e. The summed E-state index contributed by atoms with van der Waals surface area (Å²) in [5.41, 5.74) is 2.69. The molecule has 0 fully saturated rings. The molecule has 0 rings (SSSR count). The van der Waals surface area contributed by atoms with E-state index in [1.165, 1.54) is 11.1 Å². The van der Waals surface area contributed by atoms with Gasteiger partial charge in [0.2, 0.25) is 0 Å². The van der Waals surface area contributed by atoms with Gasteiger partial charge in [0.25, 0.3) is 0 Å². The molecule has 0 spiro atoms. The molecule has 0 amide bonds. The van der Waals surface area contributed by atoms with Crippen LogP contribution in [0.25, 0.3) is 0 Å². The predicted molar refractivity (Wildman–Crippen MR) is 63.2 cm³/mol. The molecule has 0 aromatic heterocycles. The number of hydrogen-bond acceptors (Lipinski definition) is 1. The van der Waals surface area contributed by atoms with Gasteiger partial charge in [0.05, 0.1) is 0 Å². The lowest BCUT2D eigenvalue weighted by molar-refractivity contribution is 0.779. The highest BCUT2D eigenvalue weighted by Gasteiger charge is 1.99. The average molecular weight is 181 g/mol. The Hall–Kier alpha value is -0.850. The van der Waals surface area contributed by atoms with Crippen molar-refractivity contribution in [3.05, 3.63) is 23.4 Å². The molecule has 0 aliphatic carbocycles. The minimum atomic E-state index is 0.568. The van der Waals surface area contributed by atoms with Crippen molar-refractivity contribution in [3.63, 3.8) is 0 Å². The highest BCUT2D eigenvalue weighted by atomic mass is 14.6. The Balaban J connectivity index is 0. The fourth-order valence-corrected chi connectivity index (χ4v) is 1.07. The van der Waals surface area contributed by atoms with Gasteiger partial charge in [-0.1, -0.05) is 33.3 Å². The van der Waals surface area contributed by atoms with E-state index in [-0.39, 0.29) is 0 Å². The standard InChI is InChI=1S/C10H17N.C2H6/c1-8(2)10(9(3)4)6-7-11-5;1-2/h6-8H,5H2,1-4H3;1-2H3/b7-6-;. The molecule has 0 unspecified atom stereocenters. The second-order valence-corrected chi connectivity index (χ2v) is 3.11. The third kappa shape index (κ3) is 7.51. The molecule has 0 aromatic rings. The number of nitrogens with zero attached hydrogens (tertiary/aromatic N) is 1. The van der Waals surface area contributed by atoms with Crippen LogP contribution >= 0.6 is 0 Å². The number of rotatable bonds is 3. The van der Waals surface area contributed by atoms with E-state index in [1.54, 1.807) is 6.20 Å². The van der Waals surface area contributed by atoms with Gasteiger partial charge in [-0.2, -0.15) is 0 Å². The van der Waals surface area contributed by atoms with Gasteiger partial charge >= 0.3 is 0 Å². The van der Waals surface area contributed by atoms with Gasteiger partial charge in [-0.3, -0.25) is 4.99 Å². The second kappa shape index (κ2) is 9.24. The van der Waals surface area contributed by atoms with Gasteiger partial charge in [-0.15, -0.1) is 0 Å². The van der Waals surface area contributed by atoms with Crippen molar-refractivity contribution >= 4 is 6.72 Å². The molecule has 0 saturated carbocycles. The zero-order valence-corrected chi connectivity index (χ0v) is 9.89. The third-order valence-corrected chi connectivity index (χ3v) is 1.56. The van der Waals surface area contributed by atoms with Crippen LogP contribution in [0.4, 0.5) is 0 Å². The average Bonchev–Trinajstić information content (AvgIpc) is 2.07. The van der Waals surface area contributed by atoms with Crippen molar-refractivity contribution in [2.75, 3.05) is 0 Å². The van der Waals surface area contributed by atoms with Crippen LogP contribution in [0.15, 0.2) is 28.4 Å². The summed E-state index contributed by atoms with van der Waals surface area (Å²) in [6, 6.07) is 0. The first-order valence-corrected chi connectivity index (χ1v) is 4.89. The largest absolute Gasteiger partial charge is 0.273 e. The molecular weight excluding hydrogens is 158 g/mol. The van der Waals surface area contributed by atoms with E-state index in [2.05, 4.69) is 39.4 Å². The Kier molecular flexibility index (Phi) is 10.4. The van der Waals surface area contributed by atoms with Crippen molar-refractivity contribution in [3.8, 4) is 0 Å². The summed E-state index contributed by atoms with van der Waals surface area (Å²) in [5, 5.41) is 0. The van der Waals surface area contributed by atoms with Gasteiger partial charge in [0.1, 0.15) is 0 Å². The van der Waals surface area contributed by atoms with Gasteiger partial charge in [0, 0.05) is 6.20 Å². The van der Waals surface area contributed by atoms with E-state index in [4.69, 9.17) is 0 Å². The molecule has 0 atom stereocenters. The summed E-state index contributed by atoms with van der Waals surface area (Å²) in [6.07, 6.45) is 3.76. The predicted octanol–water partition coefficient (Wildman–Crippen LogP) is 4.22. The molecular formula is C12H23N. The highest BCUT2D eigenvalue weighted by Crippen LogP contribution is 2.15. The minimum absolute atomic E-state index is 0.568. The summed E-state index contributed by atoms with van der Waals surface area (Å²) in [4.78, 5) is 3.68. The molecule has 76 valence electrons. The van der Waals surface area contributed by atoms with E-state index in [9.17, 15) is 0 Å². The number of hydrogen-bond donors (Lipinski definition) is 0. The van der Waals surface area contributed by atoms with E-state index in [0.717, 1.165) is 0 Å². The van der Waals surface area contributed by atoms with Crippen molar-refractivity contribution in [1.82, 2.24) is 0 Å². The van der Waals surface area contributed by atoms with Crippen LogP contribution in [-0.4, -0.2) is 6.72 Å². The maximum absolute atomic E-state index is 3.68. The fourth-order valence-electron chi connectivity index (χ4n) is 1.07. The Labute approximate surface area is 83.3 Å². The lowest BCUT2D eigenvalue weighted by Gasteiger charge is -2.07. The van der Waals surface area contributed by atoms with Crippen LogP contribution in [0, 0.1) is 5.92 Å². The Morgan fingerprint density at radius 2 is 1.69 bits per heavy atom. The van der Waals surface area contributed by atoms with Crippen LogP contribution in [0.5, 0.6) is 0 Å². The van der Waals surface area contributed by atoms with Crippen molar-refractivity contribution < 1.29 is 0 Å². The molecule has 0 saturated heterocycles. The molecule has 0 heterocycles. The molecule has 1 heteroatoms. The summed E-state index contributed by atoms with van der Waals surface area (Å²) in [5.74, 6) is 0.568. The molecule has 1 nitrogen and oxygen atoms in total. The normalized spacial score (nSPS) is 9.46. The zero-order valence-electron chi connectivity index (χ0n) is 9.89. The summed E-state index contributed by atoms with van der Waals surface area (Å²) < 4.78 is 0. The molecule has 13 heavy (non-hydrogen) atoms. The maximum Gasteiger partial charge on any atom is 0.0263 e. The molecule has 0 aromatic carbocycles. The lowest BCUT2D eigenvalue weighted by atomic mass is 9.99. The molecule has 0 bridgehead atoms. The van der Waals surface area contributed by atoms with Crippen LogP contribution < -0.4 is 0 Å². The van der Waals surface area contributed by atoms with Gasteiger partial charge in [-0.05, 0) is 38.1 Å². The first kappa shape index (κ1) is 14.7. The van der Waals surface area contributed by atoms with Gasteiger partial charge in [0.15, 0.2) is 0 Å². The first-order chi connectivity index (χ1) is 6.09. The topological polar surface area (TPSA) is 12.4 Å². The summed E-state index contributed by atoms with van der Waals surface area (Å²) in [6.45, 7) is 16.0. The zero-order chi connectivity index (χ0) is 10.9. The SMILES string of the molecule is C=N/C=C\C(=C(C)C)C(C)C.CC. The molecule has 0 aliphatic rings. The number of allylic oxidation sites excluding steroid dienone is 3. The summed E-state index contributed by atoms with van der Waals surface area (Å²) >= 11 is 0. The van der Waals surface area contributed by atoms with E-state index in [1.807, 2.05) is 19.9 Å². The monoisotopic (exact) mass is 181 g/mol. The van der Waals surface area contributed by atoms with Crippen LogP contribution in [0.2, 0.25) is 0 Å².